The van der Waals surface area contributed by atoms with Crippen molar-refractivity contribution in [2.24, 2.45) is 16.7 Å². The van der Waals surface area contributed by atoms with Crippen LogP contribution < -0.4 is 0 Å². The number of hydrogen-bond donors (Lipinski definition) is 2. The number of carboxylic acid groups (broad SMARTS) is 1. The van der Waals surface area contributed by atoms with Crippen LogP contribution in [0, 0.1) is 16.7 Å². The van der Waals surface area contributed by atoms with Crippen molar-refractivity contribution in [1.29, 1.82) is 0 Å². The molecule has 2 rings (SSSR count). The van der Waals surface area contributed by atoms with E-state index in [-0.39, 0.29) is 23.5 Å². The molecule has 2 bridgehead atoms. The summed E-state index contributed by atoms with van der Waals surface area (Å²) in [6, 6.07) is 0. The summed E-state index contributed by atoms with van der Waals surface area (Å²) < 4.78 is 31.0. The molecule has 6 nitrogen and oxygen atoms in total. The Hall–Kier alpha value is -0.950. The molecule has 0 spiro atoms. The minimum atomic E-state index is -4.08. The zero-order valence-corrected chi connectivity index (χ0v) is 12.9. The van der Waals surface area contributed by atoms with Gasteiger partial charge in [0.05, 0.1) is 11.2 Å². The smallest absolute Gasteiger partial charge is 0.303 e. The number of rotatable bonds is 3. The van der Waals surface area contributed by atoms with Crippen LogP contribution in [-0.4, -0.2) is 35.6 Å². The molecule has 0 aliphatic heterocycles. The van der Waals surface area contributed by atoms with Crippen molar-refractivity contribution in [2.45, 2.75) is 46.5 Å². The van der Waals surface area contributed by atoms with E-state index in [2.05, 4.69) is 0 Å². The SMILES string of the molecule is CC1(C)C2CCC1(CS(=O)(=O)O)C(=O)C2.CCC(=O)O. The van der Waals surface area contributed by atoms with Crippen LogP contribution in [-0.2, 0) is 19.7 Å². The summed E-state index contributed by atoms with van der Waals surface area (Å²) in [7, 11) is -4.08. The summed E-state index contributed by atoms with van der Waals surface area (Å²) in [5, 5.41) is 7.72. The number of Topliss-reactive ketones (excluding diaryl/α,β-unsaturated/α-hetero) is 1. The van der Waals surface area contributed by atoms with Crippen LogP contribution in [0.15, 0.2) is 0 Å². The maximum atomic E-state index is 11.9. The second kappa shape index (κ2) is 5.44. The summed E-state index contributed by atoms with van der Waals surface area (Å²) in [5.74, 6) is -0.847. The molecule has 0 amide bonds. The molecule has 2 saturated carbocycles. The molecule has 0 saturated heterocycles. The van der Waals surface area contributed by atoms with Gasteiger partial charge in [0.25, 0.3) is 10.1 Å². The van der Waals surface area contributed by atoms with E-state index in [0.29, 0.717) is 12.8 Å². The Balaban J connectivity index is 0.000000347. The average molecular weight is 306 g/mol. The summed E-state index contributed by atoms with van der Waals surface area (Å²) >= 11 is 0. The van der Waals surface area contributed by atoms with Crippen molar-refractivity contribution in [1.82, 2.24) is 0 Å². The van der Waals surface area contributed by atoms with E-state index < -0.39 is 27.3 Å². The molecule has 0 aromatic carbocycles. The van der Waals surface area contributed by atoms with Crippen molar-refractivity contribution >= 4 is 21.9 Å². The molecule has 2 aliphatic carbocycles. The van der Waals surface area contributed by atoms with E-state index >= 15 is 0 Å². The lowest BCUT2D eigenvalue weighted by molar-refractivity contribution is -0.136. The molecule has 2 atom stereocenters. The molecule has 0 aromatic rings. The van der Waals surface area contributed by atoms with E-state index in [9.17, 15) is 18.0 Å². The lowest BCUT2D eigenvalue weighted by Gasteiger charge is -2.35. The fraction of sp³-hybridized carbons (Fsp3) is 0.846. The van der Waals surface area contributed by atoms with E-state index in [0.717, 1.165) is 6.42 Å². The molecule has 0 aromatic heterocycles. The van der Waals surface area contributed by atoms with Gasteiger partial charge in [0, 0.05) is 12.8 Å². The molecular formula is C13H22O6S. The van der Waals surface area contributed by atoms with Crippen molar-refractivity contribution < 1.29 is 27.7 Å². The molecular weight excluding hydrogens is 284 g/mol. The lowest BCUT2D eigenvalue weighted by atomic mass is 9.70. The second-order valence-corrected chi connectivity index (χ2v) is 7.59. The van der Waals surface area contributed by atoms with Gasteiger partial charge in [-0.25, -0.2) is 0 Å². The number of hydrogen-bond acceptors (Lipinski definition) is 4. The Kier molecular flexibility index (Phi) is 4.65. The third-order valence-corrected chi connectivity index (χ3v) is 5.73. The van der Waals surface area contributed by atoms with Crippen molar-refractivity contribution in [3.05, 3.63) is 0 Å². The first kappa shape index (κ1) is 17.1. The standard InChI is InChI=1S/C10H16O4S.C3H6O2/c1-9(2)7-3-4-10(9,8(11)5-7)6-15(12,13)14;1-2-3(4)5/h7H,3-6H2,1-2H3,(H,12,13,14);2H2,1H3,(H,4,5). The Bertz CT molecular complexity index is 507. The van der Waals surface area contributed by atoms with Gasteiger partial charge in [-0.05, 0) is 24.2 Å². The summed E-state index contributed by atoms with van der Waals surface area (Å²) in [6.45, 7) is 5.49. The van der Waals surface area contributed by atoms with Crippen LogP contribution >= 0.6 is 0 Å². The Morgan fingerprint density at radius 3 is 2.15 bits per heavy atom. The van der Waals surface area contributed by atoms with Gasteiger partial charge in [-0.15, -0.1) is 0 Å². The lowest BCUT2D eigenvalue weighted by Crippen LogP contribution is -2.42. The quantitative estimate of drug-likeness (QED) is 0.769. The van der Waals surface area contributed by atoms with Crippen molar-refractivity contribution in [2.75, 3.05) is 5.75 Å². The number of aliphatic carboxylic acids is 1. The van der Waals surface area contributed by atoms with Gasteiger partial charge in [-0.1, -0.05) is 20.8 Å². The number of carbonyl (C=O) groups excluding carboxylic acids is 1. The summed E-state index contributed by atoms with van der Waals surface area (Å²) in [6.07, 6.45) is 2.19. The molecule has 2 unspecified atom stereocenters. The minimum Gasteiger partial charge on any atom is -0.481 e. The predicted molar refractivity (Wildman–Crippen MR) is 72.9 cm³/mol. The Morgan fingerprint density at radius 2 is 1.90 bits per heavy atom. The van der Waals surface area contributed by atoms with E-state index in [4.69, 9.17) is 9.66 Å². The van der Waals surface area contributed by atoms with Gasteiger partial charge in [-0.3, -0.25) is 14.1 Å². The molecule has 20 heavy (non-hydrogen) atoms. The predicted octanol–water partition coefficient (Wildman–Crippen LogP) is 1.75. The zero-order valence-electron chi connectivity index (χ0n) is 12.0. The minimum absolute atomic E-state index is 0.0152. The maximum Gasteiger partial charge on any atom is 0.303 e. The molecule has 2 aliphatic rings. The zero-order chi connectivity index (χ0) is 15.8. The van der Waals surface area contributed by atoms with Crippen LogP contribution in [0.5, 0.6) is 0 Å². The van der Waals surface area contributed by atoms with E-state index in [1.807, 2.05) is 13.8 Å². The topological polar surface area (TPSA) is 109 Å². The average Bonchev–Trinajstić information content (AvgIpc) is 2.61. The van der Waals surface area contributed by atoms with Crippen molar-refractivity contribution in [3.63, 3.8) is 0 Å². The monoisotopic (exact) mass is 306 g/mol. The maximum absolute atomic E-state index is 11.9. The first-order chi connectivity index (χ1) is 8.96. The van der Waals surface area contributed by atoms with E-state index in [1.54, 1.807) is 6.92 Å². The Labute approximate surface area is 119 Å². The van der Waals surface area contributed by atoms with Crippen LogP contribution in [0.3, 0.4) is 0 Å². The normalized spacial score (nSPS) is 30.8. The largest absolute Gasteiger partial charge is 0.481 e. The van der Waals surface area contributed by atoms with E-state index in [1.165, 1.54) is 0 Å². The number of carboxylic acids is 1. The second-order valence-electron chi connectivity index (χ2n) is 6.14. The van der Waals surface area contributed by atoms with Gasteiger partial charge in [0.15, 0.2) is 0 Å². The third kappa shape index (κ3) is 3.03. The summed E-state index contributed by atoms with van der Waals surface area (Å²) in [5.41, 5.74) is -1.12. The molecule has 116 valence electrons. The summed E-state index contributed by atoms with van der Waals surface area (Å²) in [4.78, 5) is 21.2. The van der Waals surface area contributed by atoms with Crippen LogP contribution in [0.1, 0.15) is 46.5 Å². The molecule has 7 heteroatoms. The Morgan fingerprint density at radius 1 is 1.40 bits per heavy atom. The third-order valence-electron chi connectivity index (χ3n) is 4.87. The van der Waals surface area contributed by atoms with Gasteiger partial charge in [0.2, 0.25) is 0 Å². The highest BCUT2D eigenvalue weighted by atomic mass is 32.2. The molecule has 2 N–H and O–H groups in total. The van der Waals surface area contributed by atoms with Gasteiger partial charge >= 0.3 is 5.97 Å². The van der Waals surface area contributed by atoms with Crippen LogP contribution in [0.25, 0.3) is 0 Å². The number of carbonyl (C=O) groups is 2. The van der Waals surface area contributed by atoms with Crippen LogP contribution in [0.2, 0.25) is 0 Å². The first-order valence-corrected chi connectivity index (χ1v) is 8.27. The fourth-order valence-corrected chi connectivity index (χ4v) is 4.72. The van der Waals surface area contributed by atoms with Gasteiger partial charge in [-0.2, -0.15) is 8.42 Å². The highest BCUT2D eigenvalue weighted by molar-refractivity contribution is 7.85. The van der Waals surface area contributed by atoms with Crippen molar-refractivity contribution in [3.8, 4) is 0 Å². The molecule has 0 heterocycles. The molecule has 0 radical (unpaired) electrons. The fourth-order valence-electron chi connectivity index (χ4n) is 3.42. The highest BCUT2D eigenvalue weighted by Gasteiger charge is 2.65. The van der Waals surface area contributed by atoms with Gasteiger partial charge in [0.1, 0.15) is 5.78 Å². The molecule has 2 fully saturated rings. The van der Waals surface area contributed by atoms with Crippen LogP contribution in [0.4, 0.5) is 0 Å². The number of fused-ring (bicyclic) bond motifs is 2. The number of ketones is 1. The highest BCUT2D eigenvalue weighted by Crippen LogP contribution is 2.64. The van der Waals surface area contributed by atoms with Gasteiger partial charge < -0.3 is 5.11 Å². The first-order valence-electron chi connectivity index (χ1n) is 6.66.